The van der Waals surface area contributed by atoms with Crippen molar-refractivity contribution < 1.29 is 9.53 Å². The largest absolute Gasteiger partial charge is 0.490 e. The summed E-state index contributed by atoms with van der Waals surface area (Å²) in [7, 11) is 0. The lowest BCUT2D eigenvalue weighted by Crippen LogP contribution is -2.40. The van der Waals surface area contributed by atoms with Crippen LogP contribution in [0.3, 0.4) is 0 Å². The van der Waals surface area contributed by atoms with E-state index in [0.29, 0.717) is 22.0 Å². The van der Waals surface area contributed by atoms with Crippen LogP contribution in [-0.4, -0.2) is 52.8 Å². The maximum absolute atomic E-state index is 12.8. The summed E-state index contributed by atoms with van der Waals surface area (Å²) in [5, 5.41) is 21.2. The first-order valence-corrected chi connectivity index (χ1v) is 16.2. The number of rotatable bonds is 10. The van der Waals surface area contributed by atoms with E-state index in [-0.39, 0.29) is 18.1 Å². The Bertz CT molecular complexity index is 1260. The fraction of sp³-hybridized carbons (Fsp3) is 0.588. The van der Waals surface area contributed by atoms with Crippen LogP contribution in [-0.2, 0) is 6.42 Å². The summed E-state index contributed by atoms with van der Waals surface area (Å²) in [5.74, 6) is 2.17. The summed E-state index contributed by atoms with van der Waals surface area (Å²) < 4.78 is 6.06. The maximum atomic E-state index is 12.8. The number of halogens is 1. The van der Waals surface area contributed by atoms with E-state index < -0.39 is 0 Å². The second kappa shape index (κ2) is 15.0. The number of benzene rings is 1. The van der Waals surface area contributed by atoms with E-state index in [4.69, 9.17) is 21.6 Å². The zero-order valence-electron chi connectivity index (χ0n) is 24.9. The number of ether oxygens (including phenoxy) is 1. The van der Waals surface area contributed by atoms with E-state index in [2.05, 4.69) is 39.5 Å². The topological polar surface area (TPSA) is 91.1 Å². The molecule has 2 aromatic rings. The van der Waals surface area contributed by atoms with Gasteiger partial charge in [-0.05, 0) is 101 Å². The monoisotopic (exact) mass is 589 g/mol. The van der Waals surface area contributed by atoms with Crippen molar-refractivity contribution in [3.05, 3.63) is 64.0 Å². The minimum absolute atomic E-state index is 0.0675. The van der Waals surface area contributed by atoms with E-state index >= 15 is 0 Å². The Labute approximate surface area is 255 Å². The molecule has 2 saturated carbocycles. The fourth-order valence-electron chi connectivity index (χ4n) is 6.59. The summed E-state index contributed by atoms with van der Waals surface area (Å²) in [5.41, 5.74) is 3.34. The molecule has 1 aromatic heterocycles. The predicted octanol–water partition coefficient (Wildman–Crippen LogP) is 6.90. The van der Waals surface area contributed by atoms with Gasteiger partial charge < -0.3 is 10.1 Å². The predicted molar refractivity (Wildman–Crippen MR) is 166 cm³/mol. The Morgan fingerprint density at radius 1 is 1.05 bits per heavy atom. The van der Waals surface area contributed by atoms with Gasteiger partial charge in [0.15, 0.2) is 5.69 Å². The molecule has 0 spiro atoms. The van der Waals surface area contributed by atoms with Gasteiger partial charge in [-0.15, -0.1) is 5.10 Å². The third-order valence-corrected chi connectivity index (χ3v) is 9.79. The molecule has 2 aliphatic carbocycles. The number of nitriles is 1. The number of hydrogen-bond acceptors (Lipinski definition) is 6. The SMILES string of the molecule is CC1=CCN(CCC2CCC(CCc3ccc(C(=O)NC4CCC(Oc5ccc(C#N)c(Cl)c5)CC4)nn3)CC2)CC1. The maximum Gasteiger partial charge on any atom is 0.272 e. The van der Waals surface area contributed by atoms with Crippen molar-refractivity contribution in [1.29, 1.82) is 5.26 Å². The zero-order valence-corrected chi connectivity index (χ0v) is 25.6. The number of carbonyl (C=O) groups excluding carboxylic acids is 1. The van der Waals surface area contributed by atoms with Crippen LogP contribution in [0.2, 0.25) is 5.02 Å². The van der Waals surface area contributed by atoms with Crippen molar-refractivity contribution in [2.24, 2.45) is 11.8 Å². The molecular weight excluding hydrogens is 546 g/mol. The highest BCUT2D eigenvalue weighted by atomic mass is 35.5. The van der Waals surface area contributed by atoms with Crippen LogP contribution in [0.1, 0.15) is 99.3 Å². The van der Waals surface area contributed by atoms with Gasteiger partial charge in [0.25, 0.3) is 5.91 Å². The summed E-state index contributed by atoms with van der Waals surface area (Å²) in [6.45, 7) is 5.87. The highest BCUT2D eigenvalue weighted by Gasteiger charge is 2.25. The summed E-state index contributed by atoms with van der Waals surface area (Å²) in [6.07, 6.45) is 15.8. The van der Waals surface area contributed by atoms with E-state index in [1.54, 1.807) is 23.8 Å². The third kappa shape index (κ3) is 8.78. The molecule has 5 rings (SSSR count). The molecule has 1 aromatic carbocycles. The summed E-state index contributed by atoms with van der Waals surface area (Å²) in [6, 6.07) is 11.1. The normalized spacial score (nSPS) is 24.8. The molecule has 42 heavy (non-hydrogen) atoms. The molecule has 2 heterocycles. The zero-order chi connectivity index (χ0) is 29.3. The minimum atomic E-state index is -0.161. The molecule has 7 nitrogen and oxygen atoms in total. The van der Waals surface area contributed by atoms with E-state index in [1.165, 1.54) is 51.6 Å². The number of nitrogens with one attached hydrogen (secondary N) is 1. The van der Waals surface area contributed by atoms with Gasteiger partial charge in [-0.2, -0.15) is 10.4 Å². The van der Waals surface area contributed by atoms with Crippen LogP contribution < -0.4 is 10.1 Å². The van der Waals surface area contributed by atoms with Gasteiger partial charge >= 0.3 is 0 Å². The first-order chi connectivity index (χ1) is 20.4. The van der Waals surface area contributed by atoms with Gasteiger partial charge in [-0.25, -0.2) is 0 Å². The third-order valence-electron chi connectivity index (χ3n) is 9.47. The molecule has 3 aliphatic rings. The van der Waals surface area contributed by atoms with Gasteiger partial charge in [0, 0.05) is 25.2 Å². The lowest BCUT2D eigenvalue weighted by molar-refractivity contribution is 0.0888. The van der Waals surface area contributed by atoms with Crippen molar-refractivity contribution >= 4 is 17.5 Å². The van der Waals surface area contributed by atoms with Crippen LogP contribution in [0.15, 0.2) is 42.0 Å². The number of nitrogens with zero attached hydrogens (tertiary/aromatic N) is 4. The lowest BCUT2D eigenvalue weighted by Gasteiger charge is -2.31. The molecular formula is C34H44ClN5O2. The smallest absolute Gasteiger partial charge is 0.272 e. The number of amides is 1. The van der Waals surface area contributed by atoms with Gasteiger partial charge in [-0.3, -0.25) is 9.69 Å². The lowest BCUT2D eigenvalue weighted by atomic mass is 9.78. The van der Waals surface area contributed by atoms with Crippen LogP contribution >= 0.6 is 11.6 Å². The quantitative estimate of drug-likeness (QED) is 0.303. The van der Waals surface area contributed by atoms with E-state index in [9.17, 15) is 4.79 Å². The van der Waals surface area contributed by atoms with E-state index in [0.717, 1.165) is 62.6 Å². The average molecular weight is 590 g/mol. The van der Waals surface area contributed by atoms with Crippen molar-refractivity contribution in [2.45, 2.75) is 96.1 Å². The average Bonchev–Trinajstić information content (AvgIpc) is 3.01. The Balaban J connectivity index is 0.970. The first-order valence-electron chi connectivity index (χ1n) is 15.8. The van der Waals surface area contributed by atoms with Crippen molar-refractivity contribution in [1.82, 2.24) is 20.4 Å². The van der Waals surface area contributed by atoms with Gasteiger partial charge in [0.1, 0.15) is 11.8 Å². The van der Waals surface area contributed by atoms with Gasteiger partial charge in [-0.1, -0.05) is 48.9 Å². The van der Waals surface area contributed by atoms with Gasteiger partial charge in [0.05, 0.1) is 22.4 Å². The number of aryl methyl sites for hydroxylation is 1. The summed E-state index contributed by atoms with van der Waals surface area (Å²) >= 11 is 6.12. The highest BCUT2D eigenvalue weighted by Crippen LogP contribution is 2.33. The first kappa shape index (κ1) is 30.5. The molecule has 1 aliphatic heterocycles. The van der Waals surface area contributed by atoms with Crippen molar-refractivity contribution in [3.63, 3.8) is 0 Å². The molecule has 0 saturated heterocycles. The molecule has 1 N–H and O–H groups in total. The fourth-order valence-corrected chi connectivity index (χ4v) is 6.81. The minimum Gasteiger partial charge on any atom is -0.490 e. The number of carbonyl (C=O) groups is 1. The Morgan fingerprint density at radius 3 is 2.45 bits per heavy atom. The number of hydrogen-bond donors (Lipinski definition) is 1. The van der Waals surface area contributed by atoms with Crippen LogP contribution in [0.25, 0.3) is 0 Å². The van der Waals surface area contributed by atoms with Crippen LogP contribution in [0.4, 0.5) is 0 Å². The Kier molecular flexibility index (Phi) is 10.9. The molecule has 224 valence electrons. The Hall–Kier alpha value is -2.95. The molecule has 1 amide bonds. The molecule has 0 radical (unpaired) electrons. The molecule has 0 atom stereocenters. The second-order valence-electron chi connectivity index (χ2n) is 12.5. The van der Waals surface area contributed by atoms with E-state index in [1.807, 2.05) is 12.1 Å². The number of aromatic nitrogens is 2. The standard InChI is InChI=1S/C34H44ClN5O2/c1-24-16-19-40(20-17-24)21-18-26-4-2-25(3-5-26)6-8-29-11-15-33(39-38-29)34(41)37-28-9-13-30(14-10-28)42-31-12-7-27(23-36)32(35)22-31/h7,11-12,15-16,22,25-26,28,30H,2-6,8-10,13-14,17-21H2,1H3,(H,37,41). The Morgan fingerprint density at radius 2 is 1.81 bits per heavy atom. The van der Waals surface area contributed by atoms with Crippen LogP contribution in [0.5, 0.6) is 5.75 Å². The molecule has 0 bridgehead atoms. The van der Waals surface area contributed by atoms with Gasteiger partial charge in [0.2, 0.25) is 0 Å². The van der Waals surface area contributed by atoms with Crippen molar-refractivity contribution in [2.75, 3.05) is 19.6 Å². The molecule has 0 unspecified atom stereocenters. The van der Waals surface area contributed by atoms with Crippen molar-refractivity contribution in [3.8, 4) is 11.8 Å². The summed E-state index contributed by atoms with van der Waals surface area (Å²) in [4.78, 5) is 15.4. The molecule has 8 heteroatoms. The van der Waals surface area contributed by atoms with Crippen LogP contribution in [0, 0.1) is 23.2 Å². The highest BCUT2D eigenvalue weighted by molar-refractivity contribution is 6.31. The molecule has 2 fully saturated rings. The second-order valence-corrected chi connectivity index (χ2v) is 13.0.